The summed E-state index contributed by atoms with van der Waals surface area (Å²) < 4.78 is 32.5. The molecule has 3 rings (SSSR count). The van der Waals surface area contributed by atoms with E-state index in [4.69, 9.17) is 4.74 Å². The number of alkyl halides is 2. The van der Waals surface area contributed by atoms with Crippen LogP contribution in [0.1, 0.15) is 65.3 Å². The van der Waals surface area contributed by atoms with E-state index >= 15 is 0 Å². The van der Waals surface area contributed by atoms with Crippen molar-refractivity contribution in [3.05, 3.63) is 53.3 Å². The third-order valence-corrected chi connectivity index (χ3v) is 5.11. The van der Waals surface area contributed by atoms with Gasteiger partial charge < -0.3 is 20.4 Å². The standard InChI is InChI=1S/C21H25F2N3O3/c1-13(14-6-4-3-5-7-14)29-17-12-16(26-18(17)20(28)24-2)19(27)25-15-8-10-21(22,23)11-9-15/h3-7,12-13,15,26H,8-11H2,1-2H3,(H,24,28)(H,25,27)/t13-/m1/s1. The average molecular weight is 405 g/mol. The first kappa shape index (κ1) is 20.8. The lowest BCUT2D eigenvalue weighted by molar-refractivity contribution is -0.0399. The molecule has 0 radical (unpaired) electrons. The van der Waals surface area contributed by atoms with Crippen LogP contribution >= 0.6 is 0 Å². The summed E-state index contributed by atoms with van der Waals surface area (Å²) in [5, 5.41) is 5.28. The number of aromatic amines is 1. The van der Waals surface area contributed by atoms with Crippen LogP contribution < -0.4 is 15.4 Å². The van der Waals surface area contributed by atoms with Crippen LogP contribution in [0.2, 0.25) is 0 Å². The van der Waals surface area contributed by atoms with Crippen LogP contribution in [0.25, 0.3) is 0 Å². The second kappa shape index (κ2) is 8.63. The Morgan fingerprint density at radius 2 is 1.83 bits per heavy atom. The predicted molar refractivity (Wildman–Crippen MR) is 104 cm³/mol. The molecule has 0 aliphatic heterocycles. The number of halogens is 2. The Balaban J connectivity index is 1.74. The molecule has 0 saturated heterocycles. The normalized spacial score (nSPS) is 17.4. The van der Waals surface area contributed by atoms with E-state index in [0.717, 1.165) is 5.56 Å². The van der Waals surface area contributed by atoms with E-state index in [9.17, 15) is 18.4 Å². The second-order valence-electron chi connectivity index (χ2n) is 7.28. The van der Waals surface area contributed by atoms with Crippen LogP contribution in [0.15, 0.2) is 36.4 Å². The molecule has 1 aromatic heterocycles. The highest BCUT2D eigenvalue weighted by Crippen LogP contribution is 2.33. The van der Waals surface area contributed by atoms with Crippen LogP contribution in [0.4, 0.5) is 8.78 Å². The van der Waals surface area contributed by atoms with Gasteiger partial charge in [0.05, 0.1) is 0 Å². The molecule has 2 amide bonds. The maximum Gasteiger partial charge on any atom is 0.271 e. The van der Waals surface area contributed by atoms with Crippen molar-refractivity contribution in [3.8, 4) is 5.75 Å². The van der Waals surface area contributed by atoms with Gasteiger partial charge in [-0.15, -0.1) is 0 Å². The number of nitrogens with one attached hydrogen (secondary N) is 3. The van der Waals surface area contributed by atoms with Gasteiger partial charge in [0.1, 0.15) is 17.5 Å². The van der Waals surface area contributed by atoms with Gasteiger partial charge in [-0.2, -0.15) is 0 Å². The second-order valence-corrected chi connectivity index (χ2v) is 7.28. The van der Waals surface area contributed by atoms with Crippen molar-refractivity contribution in [1.82, 2.24) is 15.6 Å². The number of hydrogen-bond donors (Lipinski definition) is 3. The Bertz CT molecular complexity index is 857. The molecule has 1 fully saturated rings. The molecule has 1 aromatic carbocycles. The lowest BCUT2D eigenvalue weighted by Crippen LogP contribution is -2.40. The van der Waals surface area contributed by atoms with Crippen molar-refractivity contribution in [3.63, 3.8) is 0 Å². The molecule has 1 heterocycles. The Morgan fingerprint density at radius 3 is 2.45 bits per heavy atom. The van der Waals surface area contributed by atoms with Crippen molar-refractivity contribution >= 4 is 11.8 Å². The molecule has 3 N–H and O–H groups in total. The fourth-order valence-corrected chi connectivity index (χ4v) is 3.37. The van der Waals surface area contributed by atoms with Gasteiger partial charge in [0, 0.05) is 32.0 Å². The van der Waals surface area contributed by atoms with Gasteiger partial charge in [-0.3, -0.25) is 9.59 Å². The lowest BCUT2D eigenvalue weighted by Gasteiger charge is -2.28. The van der Waals surface area contributed by atoms with Gasteiger partial charge in [-0.25, -0.2) is 8.78 Å². The SMILES string of the molecule is CNC(=O)c1[nH]c(C(=O)NC2CCC(F)(F)CC2)cc1O[C@H](C)c1ccccc1. The molecule has 2 aromatic rings. The molecule has 1 saturated carbocycles. The Kier molecular flexibility index (Phi) is 6.20. The lowest BCUT2D eigenvalue weighted by atomic mass is 9.92. The van der Waals surface area contributed by atoms with Gasteiger partial charge in [0.15, 0.2) is 5.75 Å². The number of carbonyl (C=O) groups excluding carboxylic acids is 2. The van der Waals surface area contributed by atoms with Gasteiger partial charge in [0.25, 0.3) is 11.8 Å². The van der Waals surface area contributed by atoms with Crippen molar-refractivity contribution in [2.45, 2.75) is 50.7 Å². The van der Waals surface area contributed by atoms with Crippen LogP contribution in [0, 0.1) is 0 Å². The number of ether oxygens (including phenoxy) is 1. The van der Waals surface area contributed by atoms with Crippen molar-refractivity contribution in [2.24, 2.45) is 0 Å². The first-order valence-electron chi connectivity index (χ1n) is 9.64. The Hall–Kier alpha value is -2.90. The minimum atomic E-state index is -2.66. The molecule has 1 aliphatic rings. The molecule has 156 valence electrons. The number of benzene rings is 1. The fourth-order valence-electron chi connectivity index (χ4n) is 3.37. The van der Waals surface area contributed by atoms with Crippen LogP contribution in [0.5, 0.6) is 5.75 Å². The van der Waals surface area contributed by atoms with E-state index in [1.54, 1.807) is 0 Å². The van der Waals surface area contributed by atoms with E-state index in [1.807, 2.05) is 37.3 Å². The number of aromatic nitrogens is 1. The molecule has 0 bridgehead atoms. The highest BCUT2D eigenvalue weighted by molar-refractivity contribution is 5.99. The summed E-state index contributed by atoms with van der Waals surface area (Å²) in [4.78, 5) is 27.6. The largest absolute Gasteiger partial charge is 0.484 e. The number of H-pyrrole nitrogens is 1. The van der Waals surface area contributed by atoms with E-state index in [1.165, 1.54) is 13.1 Å². The number of carbonyl (C=O) groups is 2. The Labute approximate surface area is 168 Å². The van der Waals surface area contributed by atoms with E-state index in [0.29, 0.717) is 0 Å². The molecular weight excluding hydrogens is 380 g/mol. The van der Waals surface area contributed by atoms with E-state index in [2.05, 4.69) is 15.6 Å². The summed E-state index contributed by atoms with van der Waals surface area (Å²) in [6, 6.07) is 10.6. The molecular formula is C21H25F2N3O3. The van der Waals surface area contributed by atoms with Gasteiger partial charge >= 0.3 is 0 Å². The number of amides is 2. The summed E-state index contributed by atoms with van der Waals surface area (Å²) in [6.07, 6.45) is -0.386. The molecule has 0 spiro atoms. The minimum absolute atomic E-state index is 0.135. The first-order valence-corrected chi connectivity index (χ1v) is 9.64. The van der Waals surface area contributed by atoms with Crippen molar-refractivity contribution in [2.75, 3.05) is 7.05 Å². The topological polar surface area (TPSA) is 83.2 Å². The summed E-state index contributed by atoms with van der Waals surface area (Å²) in [6.45, 7) is 1.85. The quantitative estimate of drug-likeness (QED) is 0.683. The first-order chi connectivity index (χ1) is 13.8. The van der Waals surface area contributed by atoms with Crippen LogP contribution in [-0.2, 0) is 0 Å². The van der Waals surface area contributed by atoms with Gasteiger partial charge in [-0.05, 0) is 25.3 Å². The van der Waals surface area contributed by atoms with E-state index < -0.39 is 17.7 Å². The molecule has 6 nitrogen and oxygen atoms in total. The highest BCUT2D eigenvalue weighted by Gasteiger charge is 2.35. The number of rotatable bonds is 6. The molecule has 29 heavy (non-hydrogen) atoms. The van der Waals surface area contributed by atoms with E-state index in [-0.39, 0.29) is 55.0 Å². The minimum Gasteiger partial charge on any atom is -0.484 e. The van der Waals surface area contributed by atoms with Crippen LogP contribution in [0.3, 0.4) is 0 Å². The summed E-state index contributed by atoms with van der Waals surface area (Å²) in [7, 11) is 1.48. The van der Waals surface area contributed by atoms with Gasteiger partial charge in [-0.1, -0.05) is 30.3 Å². The average Bonchev–Trinajstić information content (AvgIpc) is 3.13. The monoisotopic (exact) mass is 405 g/mol. The smallest absolute Gasteiger partial charge is 0.271 e. The van der Waals surface area contributed by atoms with Crippen LogP contribution in [-0.4, -0.2) is 35.8 Å². The maximum atomic E-state index is 13.3. The Morgan fingerprint density at radius 1 is 1.17 bits per heavy atom. The molecule has 1 atom stereocenters. The zero-order valence-electron chi connectivity index (χ0n) is 16.4. The summed E-state index contributed by atoms with van der Waals surface area (Å²) >= 11 is 0. The third-order valence-electron chi connectivity index (χ3n) is 5.11. The third kappa shape index (κ3) is 5.13. The maximum absolute atomic E-state index is 13.3. The zero-order chi connectivity index (χ0) is 21.0. The highest BCUT2D eigenvalue weighted by atomic mass is 19.3. The fraction of sp³-hybridized carbons (Fsp3) is 0.429. The molecule has 1 aliphatic carbocycles. The van der Waals surface area contributed by atoms with Gasteiger partial charge in [0.2, 0.25) is 5.92 Å². The molecule has 0 unspecified atom stereocenters. The summed E-state index contributed by atoms with van der Waals surface area (Å²) in [5.74, 6) is -3.28. The zero-order valence-corrected chi connectivity index (χ0v) is 16.4. The number of hydrogen-bond acceptors (Lipinski definition) is 3. The predicted octanol–water partition coefficient (Wildman–Crippen LogP) is 3.82. The summed E-state index contributed by atoms with van der Waals surface area (Å²) in [5.41, 5.74) is 1.21. The molecule has 8 heteroatoms. The van der Waals surface area contributed by atoms with Crippen molar-refractivity contribution in [1.29, 1.82) is 0 Å². The van der Waals surface area contributed by atoms with Crippen molar-refractivity contribution < 1.29 is 23.1 Å².